The summed E-state index contributed by atoms with van der Waals surface area (Å²) in [6.07, 6.45) is 1.99. The number of carbonyl (C=O) groups excluding carboxylic acids is 1. The largest absolute Gasteiger partial charge is 0.308 e. The number of pyridine rings is 1. The zero-order chi connectivity index (χ0) is 18.0. The molecule has 0 bridgehead atoms. The van der Waals surface area contributed by atoms with Gasteiger partial charge in [0.25, 0.3) is 5.91 Å². The third-order valence-corrected chi connectivity index (χ3v) is 4.38. The predicted octanol–water partition coefficient (Wildman–Crippen LogP) is 4.03. The van der Waals surface area contributed by atoms with Gasteiger partial charge in [-0.25, -0.2) is 4.98 Å². The number of para-hydroxylation sites is 1. The van der Waals surface area contributed by atoms with Gasteiger partial charge < -0.3 is 4.90 Å². The van der Waals surface area contributed by atoms with Crippen molar-refractivity contribution in [1.82, 2.24) is 14.8 Å². The average Bonchev–Trinajstić information content (AvgIpc) is 2.89. The summed E-state index contributed by atoms with van der Waals surface area (Å²) in [5, 5.41) is 5.30. The molecule has 3 aromatic rings. The Kier molecular flexibility index (Phi) is 4.83. The van der Waals surface area contributed by atoms with Crippen molar-refractivity contribution >= 4 is 22.6 Å². The van der Waals surface area contributed by atoms with Crippen LogP contribution in [0.4, 0.5) is 5.69 Å². The van der Waals surface area contributed by atoms with Crippen molar-refractivity contribution in [2.75, 3.05) is 11.4 Å². The molecule has 0 radical (unpaired) electrons. The summed E-state index contributed by atoms with van der Waals surface area (Å²) in [5.74, 6) is 0.00579. The van der Waals surface area contributed by atoms with Crippen molar-refractivity contribution in [3.05, 3.63) is 53.3 Å². The molecule has 3 rings (SSSR count). The van der Waals surface area contributed by atoms with Gasteiger partial charge in [0.1, 0.15) is 0 Å². The first kappa shape index (κ1) is 17.1. The summed E-state index contributed by atoms with van der Waals surface area (Å²) >= 11 is 0. The normalized spacial score (nSPS) is 11.0. The number of benzene rings is 1. The van der Waals surface area contributed by atoms with Crippen LogP contribution in [0.2, 0.25) is 0 Å². The summed E-state index contributed by atoms with van der Waals surface area (Å²) in [7, 11) is 1.86. The highest BCUT2D eigenvalue weighted by Gasteiger charge is 2.23. The van der Waals surface area contributed by atoms with E-state index >= 15 is 0 Å². The maximum absolute atomic E-state index is 13.4. The standard InChI is InChI=1S/C20H24N4O/c1-5-6-12-24(16-10-8-7-9-11-16)20(25)17-13-14(2)21-19-18(17)15(3)22-23(19)4/h7-11,13H,5-6,12H2,1-4H3. The van der Waals surface area contributed by atoms with Crippen LogP contribution in [-0.2, 0) is 7.05 Å². The molecule has 0 unspecified atom stereocenters. The minimum atomic E-state index is 0.00579. The second-order valence-corrected chi connectivity index (χ2v) is 6.36. The third kappa shape index (κ3) is 3.27. The van der Waals surface area contributed by atoms with Crippen molar-refractivity contribution < 1.29 is 4.79 Å². The first-order chi connectivity index (χ1) is 12.0. The van der Waals surface area contributed by atoms with Crippen molar-refractivity contribution in [3.63, 3.8) is 0 Å². The van der Waals surface area contributed by atoms with E-state index in [1.807, 2.05) is 62.2 Å². The van der Waals surface area contributed by atoms with Crippen LogP contribution in [0.1, 0.15) is 41.5 Å². The Balaban J connectivity index is 2.13. The number of nitrogens with zero attached hydrogens (tertiary/aromatic N) is 4. The van der Waals surface area contributed by atoms with E-state index in [0.29, 0.717) is 12.1 Å². The van der Waals surface area contributed by atoms with Crippen molar-refractivity contribution in [2.45, 2.75) is 33.6 Å². The molecule has 0 aliphatic rings. The molecule has 0 aliphatic carbocycles. The first-order valence-electron chi connectivity index (χ1n) is 8.70. The van der Waals surface area contributed by atoms with E-state index in [9.17, 15) is 4.79 Å². The Labute approximate surface area is 148 Å². The van der Waals surface area contributed by atoms with E-state index in [4.69, 9.17) is 0 Å². The van der Waals surface area contributed by atoms with E-state index in [1.165, 1.54) is 0 Å². The van der Waals surface area contributed by atoms with E-state index < -0.39 is 0 Å². The van der Waals surface area contributed by atoms with E-state index in [2.05, 4.69) is 17.0 Å². The number of anilines is 1. The first-order valence-corrected chi connectivity index (χ1v) is 8.70. The lowest BCUT2D eigenvalue weighted by Gasteiger charge is -2.23. The Morgan fingerprint density at radius 1 is 1.20 bits per heavy atom. The Bertz CT molecular complexity index is 899. The van der Waals surface area contributed by atoms with Gasteiger partial charge in [-0.05, 0) is 38.5 Å². The molecule has 0 saturated carbocycles. The second kappa shape index (κ2) is 7.05. The van der Waals surface area contributed by atoms with Gasteiger partial charge in [-0.1, -0.05) is 31.5 Å². The summed E-state index contributed by atoms with van der Waals surface area (Å²) in [4.78, 5) is 19.9. The number of aryl methyl sites for hydroxylation is 3. The molecule has 2 aromatic heterocycles. The van der Waals surface area contributed by atoms with Crippen molar-refractivity contribution in [3.8, 4) is 0 Å². The van der Waals surface area contributed by atoms with Crippen LogP contribution in [-0.4, -0.2) is 27.2 Å². The molecule has 0 saturated heterocycles. The van der Waals surface area contributed by atoms with Gasteiger partial charge in [0, 0.05) is 25.0 Å². The fourth-order valence-electron chi connectivity index (χ4n) is 3.16. The van der Waals surface area contributed by atoms with Gasteiger partial charge in [0.2, 0.25) is 0 Å². The molecule has 25 heavy (non-hydrogen) atoms. The number of hydrogen-bond donors (Lipinski definition) is 0. The Morgan fingerprint density at radius 2 is 1.92 bits per heavy atom. The number of carbonyl (C=O) groups is 1. The summed E-state index contributed by atoms with van der Waals surface area (Å²) in [6, 6.07) is 11.7. The quantitative estimate of drug-likeness (QED) is 0.707. The molecule has 130 valence electrons. The van der Waals surface area contributed by atoms with Crippen LogP contribution in [0.5, 0.6) is 0 Å². The highest BCUT2D eigenvalue weighted by molar-refractivity contribution is 6.13. The number of hydrogen-bond acceptors (Lipinski definition) is 3. The fraction of sp³-hybridized carbons (Fsp3) is 0.350. The Morgan fingerprint density at radius 3 is 2.60 bits per heavy atom. The van der Waals surface area contributed by atoms with Crippen LogP contribution in [0.15, 0.2) is 36.4 Å². The lowest BCUT2D eigenvalue weighted by Crippen LogP contribution is -2.32. The lowest BCUT2D eigenvalue weighted by molar-refractivity contribution is 0.0988. The van der Waals surface area contributed by atoms with Gasteiger partial charge in [0.05, 0.1) is 16.6 Å². The summed E-state index contributed by atoms with van der Waals surface area (Å²) in [6.45, 7) is 6.67. The predicted molar refractivity (Wildman–Crippen MR) is 101 cm³/mol. The summed E-state index contributed by atoms with van der Waals surface area (Å²) < 4.78 is 1.74. The van der Waals surface area contributed by atoms with Gasteiger partial charge in [-0.2, -0.15) is 5.10 Å². The number of fused-ring (bicyclic) bond motifs is 1. The minimum Gasteiger partial charge on any atom is -0.308 e. The highest BCUT2D eigenvalue weighted by atomic mass is 16.2. The van der Waals surface area contributed by atoms with Crippen LogP contribution in [0.3, 0.4) is 0 Å². The minimum absolute atomic E-state index is 0.00579. The molecule has 5 nitrogen and oxygen atoms in total. The monoisotopic (exact) mass is 336 g/mol. The molecule has 1 amide bonds. The van der Waals surface area contributed by atoms with Crippen LogP contribution in [0.25, 0.3) is 11.0 Å². The lowest BCUT2D eigenvalue weighted by atomic mass is 10.1. The molecule has 0 atom stereocenters. The molecule has 0 N–H and O–H groups in total. The molecular formula is C20H24N4O. The maximum Gasteiger partial charge on any atom is 0.259 e. The highest BCUT2D eigenvalue weighted by Crippen LogP contribution is 2.25. The van der Waals surface area contributed by atoms with Crippen LogP contribution < -0.4 is 4.90 Å². The zero-order valence-corrected chi connectivity index (χ0v) is 15.3. The van der Waals surface area contributed by atoms with E-state index in [-0.39, 0.29) is 5.91 Å². The van der Waals surface area contributed by atoms with Crippen LogP contribution >= 0.6 is 0 Å². The second-order valence-electron chi connectivity index (χ2n) is 6.36. The van der Waals surface area contributed by atoms with Crippen molar-refractivity contribution in [2.24, 2.45) is 7.05 Å². The van der Waals surface area contributed by atoms with E-state index in [1.54, 1.807) is 4.68 Å². The van der Waals surface area contributed by atoms with Gasteiger partial charge in [-0.3, -0.25) is 9.48 Å². The number of aromatic nitrogens is 3. The van der Waals surface area contributed by atoms with Gasteiger partial charge in [0.15, 0.2) is 5.65 Å². The average molecular weight is 336 g/mol. The fourth-order valence-corrected chi connectivity index (χ4v) is 3.16. The smallest absolute Gasteiger partial charge is 0.259 e. The zero-order valence-electron chi connectivity index (χ0n) is 15.3. The van der Waals surface area contributed by atoms with Gasteiger partial charge >= 0.3 is 0 Å². The molecular weight excluding hydrogens is 312 g/mol. The molecule has 5 heteroatoms. The third-order valence-electron chi connectivity index (χ3n) is 4.38. The number of unbranched alkanes of at least 4 members (excludes halogenated alkanes) is 1. The molecule has 0 aliphatic heterocycles. The molecule has 2 heterocycles. The molecule has 0 spiro atoms. The van der Waals surface area contributed by atoms with Crippen LogP contribution in [0, 0.1) is 13.8 Å². The van der Waals surface area contributed by atoms with Gasteiger partial charge in [-0.15, -0.1) is 0 Å². The molecule has 1 aromatic carbocycles. The number of rotatable bonds is 5. The SMILES string of the molecule is CCCCN(C(=O)c1cc(C)nc2c1c(C)nn2C)c1ccccc1. The van der Waals surface area contributed by atoms with E-state index in [0.717, 1.165) is 41.0 Å². The maximum atomic E-state index is 13.4. The van der Waals surface area contributed by atoms with Crippen molar-refractivity contribution in [1.29, 1.82) is 0 Å². The number of amides is 1. The molecule has 0 fully saturated rings. The topological polar surface area (TPSA) is 51.0 Å². The summed E-state index contributed by atoms with van der Waals surface area (Å²) in [5.41, 5.74) is 4.00. The Hall–Kier alpha value is -2.69.